The molecule has 0 radical (unpaired) electrons. The summed E-state index contributed by atoms with van der Waals surface area (Å²) in [5, 5.41) is 6.95. The molecule has 0 fully saturated rings. The lowest BCUT2D eigenvalue weighted by Gasteiger charge is -2.01. The molecular formula is C14H12N4. The van der Waals surface area contributed by atoms with Gasteiger partial charge in [-0.3, -0.25) is 5.10 Å². The fourth-order valence-corrected chi connectivity index (χ4v) is 1.79. The average molecular weight is 236 g/mol. The van der Waals surface area contributed by atoms with Gasteiger partial charge in [0.15, 0.2) is 5.82 Å². The maximum Gasteiger partial charge on any atom is 0.199 e. The molecule has 2 heterocycles. The summed E-state index contributed by atoms with van der Waals surface area (Å²) in [6.45, 7) is 1.87. The second-order valence-electron chi connectivity index (χ2n) is 4.02. The Morgan fingerprint density at radius 1 is 0.833 bits per heavy atom. The highest BCUT2D eigenvalue weighted by Gasteiger charge is 2.06. The Morgan fingerprint density at radius 3 is 2.33 bits per heavy atom. The van der Waals surface area contributed by atoms with Gasteiger partial charge in [0, 0.05) is 5.56 Å². The summed E-state index contributed by atoms with van der Waals surface area (Å²) in [7, 11) is 0. The summed E-state index contributed by atoms with van der Waals surface area (Å²) in [6, 6.07) is 15.9. The Kier molecular flexibility index (Phi) is 2.61. The maximum atomic E-state index is 4.58. The van der Waals surface area contributed by atoms with Crippen LogP contribution in [0, 0.1) is 6.92 Å². The number of benzene rings is 1. The molecule has 0 saturated carbocycles. The van der Waals surface area contributed by atoms with Crippen LogP contribution in [0.5, 0.6) is 0 Å². The minimum Gasteiger partial charge on any atom is -0.263 e. The molecule has 0 amide bonds. The topological polar surface area (TPSA) is 54.5 Å². The number of pyridine rings is 1. The molecule has 0 saturated heterocycles. The van der Waals surface area contributed by atoms with Gasteiger partial charge in [-0.25, -0.2) is 9.97 Å². The van der Waals surface area contributed by atoms with Crippen molar-refractivity contribution in [1.82, 2.24) is 20.2 Å². The third-order valence-corrected chi connectivity index (χ3v) is 2.64. The Balaban J connectivity index is 2.05. The van der Waals surface area contributed by atoms with Gasteiger partial charge in [-0.15, -0.1) is 0 Å². The zero-order chi connectivity index (χ0) is 12.4. The quantitative estimate of drug-likeness (QED) is 0.744. The lowest BCUT2D eigenvalue weighted by Crippen LogP contribution is -1.89. The highest BCUT2D eigenvalue weighted by atomic mass is 15.2. The molecule has 1 aromatic carbocycles. The van der Waals surface area contributed by atoms with E-state index in [1.807, 2.05) is 55.5 Å². The Labute approximate surface area is 105 Å². The minimum absolute atomic E-state index is 0.630. The normalized spacial score (nSPS) is 10.5. The van der Waals surface area contributed by atoms with Crippen LogP contribution in [-0.4, -0.2) is 20.2 Å². The number of aromatic amines is 1. The van der Waals surface area contributed by atoms with Crippen LogP contribution in [-0.2, 0) is 0 Å². The van der Waals surface area contributed by atoms with Gasteiger partial charge in [-0.1, -0.05) is 36.4 Å². The van der Waals surface area contributed by atoms with Gasteiger partial charge < -0.3 is 0 Å². The predicted molar refractivity (Wildman–Crippen MR) is 69.8 cm³/mol. The van der Waals surface area contributed by atoms with Gasteiger partial charge >= 0.3 is 0 Å². The van der Waals surface area contributed by atoms with E-state index in [0.717, 1.165) is 22.8 Å². The SMILES string of the molecule is Cc1nc(-c2cccc(-c3ccccc3)n2)n[nH]1. The Morgan fingerprint density at radius 2 is 1.61 bits per heavy atom. The number of hydrogen-bond acceptors (Lipinski definition) is 3. The van der Waals surface area contributed by atoms with Gasteiger partial charge in [-0.05, 0) is 19.1 Å². The molecule has 3 aromatic rings. The Bertz CT molecular complexity index is 658. The molecule has 0 aliphatic heterocycles. The smallest absolute Gasteiger partial charge is 0.199 e. The second-order valence-corrected chi connectivity index (χ2v) is 4.02. The van der Waals surface area contributed by atoms with Gasteiger partial charge in [0.25, 0.3) is 0 Å². The summed E-state index contributed by atoms with van der Waals surface area (Å²) in [6.07, 6.45) is 0. The number of H-pyrrole nitrogens is 1. The van der Waals surface area contributed by atoms with Crippen LogP contribution in [0.15, 0.2) is 48.5 Å². The Hall–Kier alpha value is -2.49. The molecule has 3 rings (SSSR count). The molecular weight excluding hydrogens is 224 g/mol. The van der Waals surface area contributed by atoms with E-state index < -0.39 is 0 Å². The van der Waals surface area contributed by atoms with Gasteiger partial charge in [0.05, 0.1) is 5.69 Å². The van der Waals surface area contributed by atoms with Gasteiger partial charge in [0.2, 0.25) is 0 Å². The fraction of sp³-hybridized carbons (Fsp3) is 0.0714. The van der Waals surface area contributed by atoms with Crippen molar-refractivity contribution in [2.75, 3.05) is 0 Å². The van der Waals surface area contributed by atoms with E-state index in [9.17, 15) is 0 Å². The summed E-state index contributed by atoms with van der Waals surface area (Å²) in [5.41, 5.74) is 2.79. The van der Waals surface area contributed by atoms with Crippen LogP contribution in [0.2, 0.25) is 0 Å². The zero-order valence-corrected chi connectivity index (χ0v) is 9.96. The first kappa shape index (κ1) is 10.7. The van der Waals surface area contributed by atoms with Crippen molar-refractivity contribution in [2.24, 2.45) is 0 Å². The number of hydrogen-bond donors (Lipinski definition) is 1. The number of aromatic nitrogens is 4. The summed E-state index contributed by atoms with van der Waals surface area (Å²) < 4.78 is 0. The molecule has 0 aliphatic carbocycles. The van der Waals surface area contributed by atoms with Crippen LogP contribution in [0.1, 0.15) is 5.82 Å². The van der Waals surface area contributed by atoms with Crippen LogP contribution in [0.3, 0.4) is 0 Å². The standard InChI is InChI=1S/C14H12N4/c1-10-15-14(18-17-10)13-9-5-8-12(16-13)11-6-3-2-4-7-11/h2-9H,1H3,(H,15,17,18). The molecule has 1 N–H and O–H groups in total. The van der Waals surface area contributed by atoms with E-state index >= 15 is 0 Å². The van der Waals surface area contributed by atoms with E-state index in [1.54, 1.807) is 0 Å². The molecule has 18 heavy (non-hydrogen) atoms. The molecule has 2 aromatic heterocycles. The second kappa shape index (κ2) is 4.41. The minimum atomic E-state index is 0.630. The molecule has 0 spiro atoms. The van der Waals surface area contributed by atoms with Crippen molar-refractivity contribution in [3.05, 3.63) is 54.4 Å². The lowest BCUT2D eigenvalue weighted by atomic mass is 10.1. The van der Waals surface area contributed by atoms with Crippen LogP contribution in [0.4, 0.5) is 0 Å². The first-order chi connectivity index (χ1) is 8.83. The van der Waals surface area contributed by atoms with Crippen molar-refractivity contribution in [1.29, 1.82) is 0 Å². The van der Waals surface area contributed by atoms with E-state index in [-0.39, 0.29) is 0 Å². The van der Waals surface area contributed by atoms with Crippen molar-refractivity contribution in [2.45, 2.75) is 6.92 Å². The van der Waals surface area contributed by atoms with E-state index in [0.29, 0.717) is 5.82 Å². The van der Waals surface area contributed by atoms with E-state index in [4.69, 9.17) is 0 Å². The number of aryl methyl sites for hydroxylation is 1. The first-order valence-electron chi connectivity index (χ1n) is 5.75. The fourth-order valence-electron chi connectivity index (χ4n) is 1.79. The summed E-state index contributed by atoms with van der Waals surface area (Å²) >= 11 is 0. The maximum absolute atomic E-state index is 4.58. The van der Waals surface area contributed by atoms with Crippen molar-refractivity contribution < 1.29 is 0 Å². The number of rotatable bonds is 2. The average Bonchev–Trinajstić information content (AvgIpc) is 2.87. The lowest BCUT2D eigenvalue weighted by molar-refractivity contribution is 1.04. The molecule has 0 bridgehead atoms. The summed E-state index contributed by atoms with van der Waals surface area (Å²) in [5.74, 6) is 1.42. The van der Waals surface area contributed by atoms with Crippen LogP contribution < -0.4 is 0 Å². The summed E-state index contributed by atoms with van der Waals surface area (Å²) in [4.78, 5) is 8.87. The molecule has 0 unspecified atom stereocenters. The molecule has 0 atom stereocenters. The number of nitrogens with one attached hydrogen (secondary N) is 1. The van der Waals surface area contributed by atoms with Crippen molar-refractivity contribution >= 4 is 0 Å². The third kappa shape index (κ3) is 2.00. The predicted octanol–water partition coefficient (Wildman–Crippen LogP) is 2.84. The van der Waals surface area contributed by atoms with Crippen LogP contribution in [0.25, 0.3) is 22.8 Å². The van der Waals surface area contributed by atoms with Gasteiger partial charge in [-0.2, -0.15) is 5.10 Å². The molecule has 88 valence electrons. The highest BCUT2D eigenvalue weighted by Crippen LogP contribution is 2.20. The van der Waals surface area contributed by atoms with E-state index in [1.165, 1.54) is 0 Å². The molecule has 0 aliphatic rings. The largest absolute Gasteiger partial charge is 0.263 e. The molecule has 4 heteroatoms. The number of nitrogens with zero attached hydrogens (tertiary/aromatic N) is 3. The molecule has 4 nitrogen and oxygen atoms in total. The van der Waals surface area contributed by atoms with E-state index in [2.05, 4.69) is 20.2 Å². The monoisotopic (exact) mass is 236 g/mol. The first-order valence-corrected chi connectivity index (χ1v) is 5.75. The van der Waals surface area contributed by atoms with Crippen molar-refractivity contribution in [3.63, 3.8) is 0 Å². The van der Waals surface area contributed by atoms with Crippen molar-refractivity contribution in [3.8, 4) is 22.8 Å². The highest BCUT2D eigenvalue weighted by molar-refractivity contribution is 5.62. The van der Waals surface area contributed by atoms with Gasteiger partial charge in [0.1, 0.15) is 11.5 Å². The third-order valence-electron chi connectivity index (χ3n) is 2.64. The zero-order valence-electron chi connectivity index (χ0n) is 9.96. The van der Waals surface area contributed by atoms with Crippen LogP contribution >= 0.6 is 0 Å².